The number of aliphatic carboxylic acids is 1. The van der Waals surface area contributed by atoms with E-state index in [9.17, 15) is 14.7 Å². The van der Waals surface area contributed by atoms with E-state index in [-0.39, 0.29) is 5.91 Å². The Morgan fingerprint density at radius 1 is 1.15 bits per heavy atom. The molecule has 0 aliphatic heterocycles. The molecule has 5 heteroatoms. The Balaban J connectivity index is 2.24. The van der Waals surface area contributed by atoms with Gasteiger partial charge in [-0.2, -0.15) is 0 Å². The molecule has 2 aromatic rings. The molecule has 0 radical (unpaired) electrons. The van der Waals surface area contributed by atoms with Crippen molar-refractivity contribution in [3.05, 3.63) is 58.3 Å². The third-order valence-corrected chi connectivity index (χ3v) is 3.95. The monoisotopic (exact) mass is 289 g/mol. The minimum absolute atomic E-state index is 0.248. The van der Waals surface area contributed by atoms with Crippen LogP contribution in [0.1, 0.15) is 28.2 Å². The summed E-state index contributed by atoms with van der Waals surface area (Å²) in [6, 6.07) is 12.1. The average Bonchev–Trinajstić information content (AvgIpc) is 2.99. The van der Waals surface area contributed by atoms with E-state index in [1.54, 1.807) is 19.1 Å². The van der Waals surface area contributed by atoms with E-state index in [1.165, 1.54) is 11.3 Å². The number of carboxylic acids is 1. The Morgan fingerprint density at radius 2 is 1.85 bits per heavy atom. The van der Waals surface area contributed by atoms with E-state index in [2.05, 4.69) is 5.32 Å². The summed E-state index contributed by atoms with van der Waals surface area (Å²) in [5, 5.41) is 13.8. The van der Waals surface area contributed by atoms with Gasteiger partial charge < -0.3 is 10.4 Å². The van der Waals surface area contributed by atoms with Gasteiger partial charge in [0.15, 0.2) is 0 Å². The van der Waals surface area contributed by atoms with E-state index in [0.29, 0.717) is 4.88 Å². The number of thiophene rings is 1. The fraction of sp³-hybridized carbons (Fsp3) is 0.200. The summed E-state index contributed by atoms with van der Waals surface area (Å²) in [5.74, 6) is -1.89. The quantitative estimate of drug-likeness (QED) is 0.889. The predicted octanol–water partition coefficient (Wildman–Crippen LogP) is 2.94. The number of carbonyl (C=O) groups excluding carboxylic acids is 1. The Labute approximate surface area is 121 Å². The topological polar surface area (TPSA) is 66.4 Å². The standard InChI is InChI=1S/C15H15NO3S/c1-10(15(18)19)13(11-6-3-2-4-7-11)16-14(17)12-8-5-9-20-12/h2-10,13H,1H3,(H,16,17)(H,18,19). The smallest absolute Gasteiger partial charge is 0.308 e. The van der Waals surface area contributed by atoms with Crippen LogP contribution in [-0.2, 0) is 4.79 Å². The van der Waals surface area contributed by atoms with Crippen LogP contribution >= 0.6 is 11.3 Å². The Bertz CT molecular complexity index is 580. The summed E-state index contributed by atoms with van der Waals surface area (Å²) in [4.78, 5) is 23.9. The van der Waals surface area contributed by atoms with Crippen LogP contribution in [0.25, 0.3) is 0 Å². The molecule has 0 spiro atoms. The number of hydrogen-bond acceptors (Lipinski definition) is 3. The lowest BCUT2D eigenvalue weighted by atomic mass is 9.94. The second-order valence-corrected chi connectivity index (χ2v) is 5.41. The van der Waals surface area contributed by atoms with Gasteiger partial charge in [-0.05, 0) is 23.9 Å². The number of amides is 1. The van der Waals surface area contributed by atoms with Crippen LogP contribution in [0.5, 0.6) is 0 Å². The van der Waals surface area contributed by atoms with E-state index >= 15 is 0 Å². The third kappa shape index (κ3) is 3.24. The largest absolute Gasteiger partial charge is 0.481 e. The molecule has 0 bridgehead atoms. The van der Waals surface area contributed by atoms with Crippen molar-refractivity contribution in [3.63, 3.8) is 0 Å². The summed E-state index contributed by atoms with van der Waals surface area (Å²) in [5.41, 5.74) is 0.785. The van der Waals surface area contributed by atoms with Crippen molar-refractivity contribution >= 4 is 23.2 Å². The summed E-state index contributed by atoms with van der Waals surface area (Å²) >= 11 is 1.33. The van der Waals surface area contributed by atoms with Crippen LogP contribution < -0.4 is 5.32 Å². The highest BCUT2D eigenvalue weighted by atomic mass is 32.1. The van der Waals surface area contributed by atoms with Gasteiger partial charge in [0.1, 0.15) is 0 Å². The molecule has 2 unspecified atom stereocenters. The molecule has 1 amide bonds. The number of carbonyl (C=O) groups is 2. The van der Waals surface area contributed by atoms with E-state index in [1.807, 2.05) is 35.7 Å². The van der Waals surface area contributed by atoms with Crippen LogP contribution in [0.4, 0.5) is 0 Å². The first-order chi connectivity index (χ1) is 9.59. The molecule has 0 aliphatic carbocycles. The molecule has 104 valence electrons. The Morgan fingerprint density at radius 3 is 2.40 bits per heavy atom. The average molecular weight is 289 g/mol. The molecule has 1 heterocycles. The van der Waals surface area contributed by atoms with Gasteiger partial charge in [0.2, 0.25) is 0 Å². The predicted molar refractivity (Wildman–Crippen MR) is 77.8 cm³/mol. The van der Waals surface area contributed by atoms with Crippen LogP contribution in [-0.4, -0.2) is 17.0 Å². The van der Waals surface area contributed by atoms with Crippen molar-refractivity contribution in [1.82, 2.24) is 5.32 Å². The van der Waals surface area contributed by atoms with Crippen molar-refractivity contribution in [2.45, 2.75) is 13.0 Å². The summed E-state index contributed by atoms with van der Waals surface area (Å²) in [6.07, 6.45) is 0. The van der Waals surface area contributed by atoms with E-state index < -0.39 is 17.9 Å². The zero-order valence-corrected chi connectivity index (χ0v) is 11.8. The lowest BCUT2D eigenvalue weighted by Crippen LogP contribution is -2.35. The molecular weight excluding hydrogens is 274 g/mol. The van der Waals surface area contributed by atoms with Gasteiger partial charge in [0.25, 0.3) is 5.91 Å². The number of benzene rings is 1. The highest BCUT2D eigenvalue weighted by Gasteiger charge is 2.27. The molecule has 0 fully saturated rings. The lowest BCUT2D eigenvalue weighted by Gasteiger charge is -2.22. The number of nitrogens with one attached hydrogen (secondary N) is 1. The van der Waals surface area contributed by atoms with Gasteiger partial charge in [-0.25, -0.2) is 0 Å². The van der Waals surface area contributed by atoms with Crippen molar-refractivity contribution in [1.29, 1.82) is 0 Å². The molecule has 1 aromatic carbocycles. The molecule has 20 heavy (non-hydrogen) atoms. The van der Waals surface area contributed by atoms with Crippen molar-refractivity contribution in [2.24, 2.45) is 5.92 Å². The fourth-order valence-corrected chi connectivity index (χ4v) is 2.55. The van der Waals surface area contributed by atoms with Crippen LogP contribution in [0.15, 0.2) is 47.8 Å². The van der Waals surface area contributed by atoms with Crippen LogP contribution in [0.2, 0.25) is 0 Å². The third-order valence-electron chi connectivity index (χ3n) is 3.08. The summed E-state index contributed by atoms with van der Waals surface area (Å²) in [7, 11) is 0. The molecule has 0 saturated carbocycles. The summed E-state index contributed by atoms with van der Waals surface area (Å²) in [6.45, 7) is 1.59. The lowest BCUT2D eigenvalue weighted by molar-refractivity contribution is -0.142. The van der Waals surface area contributed by atoms with Crippen molar-refractivity contribution in [3.8, 4) is 0 Å². The Hall–Kier alpha value is -2.14. The molecule has 0 saturated heterocycles. The molecule has 2 atom stereocenters. The number of carboxylic acid groups (broad SMARTS) is 1. The Kier molecular flexibility index (Phi) is 4.53. The molecule has 4 nitrogen and oxygen atoms in total. The van der Waals surface area contributed by atoms with Crippen LogP contribution in [0, 0.1) is 5.92 Å². The van der Waals surface area contributed by atoms with Crippen molar-refractivity contribution in [2.75, 3.05) is 0 Å². The molecule has 2 N–H and O–H groups in total. The summed E-state index contributed by atoms with van der Waals surface area (Å²) < 4.78 is 0. The molecule has 2 rings (SSSR count). The zero-order valence-electron chi connectivity index (χ0n) is 10.9. The minimum Gasteiger partial charge on any atom is -0.481 e. The molecule has 0 aliphatic rings. The molecule has 1 aromatic heterocycles. The van der Waals surface area contributed by atoms with Gasteiger partial charge in [0, 0.05) is 0 Å². The highest BCUT2D eigenvalue weighted by Crippen LogP contribution is 2.23. The molecular formula is C15H15NO3S. The van der Waals surface area contributed by atoms with Gasteiger partial charge >= 0.3 is 5.97 Å². The highest BCUT2D eigenvalue weighted by molar-refractivity contribution is 7.12. The fourth-order valence-electron chi connectivity index (χ4n) is 1.92. The van der Waals surface area contributed by atoms with Gasteiger partial charge in [0.05, 0.1) is 16.8 Å². The SMILES string of the molecule is CC(C(=O)O)C(NC(=O)c1cccs1)c1ccccc1. The zero-order chi connectivity index (χ0) is 14.5. The van der Waals surface area contributed by atoms with E-state index in [4.69, 9.17) is 0 Å². The number of rotatable bonds is 5. The normalized spacial score (nSPS) is 13.4. The first-order valence-electron chi connectivity index (χ1n) is 6.21. The van der Waals surface area contributed by atoms with Crippen LogP contribution in [0.3, 0.4) is 0 Å². The number of hydrogen-bond donors (Lipinski definition) is 2. The van der Waals surface area contributed by atoms with Crippen molar-refractivity contribution < 1.29 is 14.7 Å². The first kappa shape index (κ1) is 14.3. The second-order valence-electron chi connectivity index (χ2n) is 4.47. The van der Waals surface area contributed by atoms with E-state index in [0.717, 1.165) is 5.56 Å². The van der Waals surface area contributed by atoms with Gasteiger partial charge in [-0.15, -0.1) is 11.3 Å². The maximum absolute atomic E-state index is 12.1. The van der Waals surface area contributed by atoms with Gasteiger partial charge in [-0.1, -0.05) is 36.4 Å². The maximum Gasteiger partial charge on any atom is 0.308 e. The minimum atomic E-state index is -0.940. The maximum atomic E-state index is 12.1. The van der Waals surface area contributed by atoms with Gasteiger partial charge in [-0.3, -0.25) is 9.59 Å². The first-order valence-corrected chi connectivity index (χ1v) is 7.09. The second kappa shape index (κ2) is 6.34.